The first-order valence-electron chi connectivity index (χ1n) is 5.57. The van der Waals surface area contributed by atoms with Crippen LogP contribution in [0.4, 0.5) is 0 Å². The molecular formula is C12H22O. The van der Waals surface area contributed by atoms with Crippen molar-refractivity contribution in [3.05, 3.63) is 12.3 Å². The Morgan fingerprint density at radius 1 is 1.31 bits per heavy atom. The summed E-state index contributed by atoms with van der Waals surface area (Å²) in [7, 11) is 0. The fourth-order valence-electron chi connectivity index (χ4n) is 2.09. The van der Waals surface area contributed by atoms with Gasteiger partial charge in [-0.15, -0.1) is 0 Å². The Morgan fingerprint density at radius 3 is 2.62 bits per heavy atom. The van der Waals surface area contributed by atoms with Gasteiger partial charge in [0.05, 0.1) is 12.4 Å². The molecule has 1 saturated carbocycles. The number of ether oxygens (including phenoxy) is 1. The molecule has 0 bridgehead atoms. The summed E-state index contributed by atoms with van der Waals surface area (Å²) in [5, 5.41) is 0. The van der Waals surface area contributed by atoms with Gasteiger partial charge in [0.15, 0.2) is 0 Å². The molecule has 1 heteroatoms. The highest BCUT2D eigenvalue weighted by Gasteiger charge is 2.12. The van der Waals surface area contributed by atoms with Crippen LogP contribution >= 0.6 is 0 Å². The van der Waals surface area contributed by atoms with Gasteiger partial charge in [-0.3, -0.25) is 0 Å². The van der Waals surface area contributed by atoms with Crippen molar-refractivity contribution in [3.8, 4) is 0 Å². The van der Waals surface area contributed by atoms with Gasteiger partial charge in [0, 0.05) is 0 Å². The van der Waals surface area contributed by atoms with Crippen LogP contribution in [0.1, 0.15) is 51.9 Å². The summed E-state index contributed by atoms with van der Waals surface area (Å²) in [5.74, 6) is 1.84. The first-order valence-corrected chi connectivity index (χ1v) is 5.57. The molecule has 0 aromatic carbocycles. The lowest BCUT2D eigenvalue weighted by Gasteiger charge is -2.21. The van der Waals surface area contributed by atoms with E-state index in [0.717, 1.165) is 18.3 Å². The molecule has 1 aliphatic rings. The number of hydrogen-bond donors (Lipinski definition) is 0. The molecule has 1 aliphatic carbocycles. The minimum atomic E-state index is 0.851. The lowest BCUT2D eigenvalue weighted by Crippen LogP contribution is -2.07. The van der Waals surface area contributed by atoms with Crippen molar-refractivity contribution in [1.82, 2.24) is 0 Å². The first-order chi connectivity index (χ1) is 6.29. The van der Waals surface area contributed by atoms with E-state index >= 15 is 0 Å². The second-order valence-corrected chi connectivity index (χ2v) is 4.20. The van der Waals surface area contributed by atoms with Gasteiger partial charge in [0.25, 0.3) is 0 Å². The van der Waals surface area contributed by atoms with Crippen LogP contribution in [0.5, 0.6) is 0 Å². The van der Waals surface area contributed by atoms with Crippen LogP contribution in [0, 0.1) is 5.92 Å². The van der Waals surface area contributed by atoms with Crippen molar-refractivity contribution < 1.29 is 4.74 Å². The molecule has 1 fully saturated rings. The predicted octanol–water partition coefficient (Wildman–Crippen LogP) is 3.90. The fourth-order valence-corrected chi connectivity index (χ4v) is 2.09. The molecule has 0 aliphatic heterocycles. The van der Waals surface area contributed by atoms with Gasteiger partial charge in [-0.2, -0.15) is 0 Å². The molecule has 0 unspecified atom stereocenters. The van der Waals surface area contributed by atoms with Gasteiger partial charge >= 0.3 is 0 Å². The second-order valence-electron chi connectivity index (χ2n) is 4.20. The summed E-state index contributed by atoms with van der Waals surface area (Å²) >= 11 is 0. The molecule has 76 valence electrons. The van der Waals surface area contributed by atoms with Crippen LogP contribution in [-0.4, -0.2) is 6.61 Å². The molecule has 1 nitrogen and oxygen atoms in total. The van der Waals surface area contributed by atoms with Gasteiger partial charge in [-0.1, -0.05) is 38.7 Å². The minimum absolute atomic E-state index is 0.851. The van der Waals surface area contributed by atoms with Crippen molar-refractivity contribution in [2.24, 2.45) is 5.92 Å². The Balaban J connectivity index is 1.95. The average Bonchev–Trinajstić information content (AvgIpc) is 2.14. The molecule has 13 heavy (non-hydrogen) atoms. The van der Waals surface area contributed by atoms with E-state index in [2.05, 4.69) is 6.58 Å². The second kappa shape index (κ2) is 6.06. The van der Waals surface area contributed by atoms with E-state index in [0.29, 0.717) is 0 Å². The molecular weight excluding hydrogens is 160 g/mol. The van der Waals surface area contributed by atoms with Crippen LogP contribution in [-0.2, 0) is 4.74 Å². The molecule has 0 heterocycles. The van der Waals surface area contributed by atoms with Crippen molar-refractivity contribution in [2.75, 3.05) is 6.61 Å². The Morgan fingerprint density at radius 2 is 2.00 bits per heavy atom. The van der Waals surface area contributed by atoms with Crippen molar-refractivity contribution >= 4 is 0 Å². The van der Waals surface area contributed by atoms with Crippen LogP contribution in [0.25, 0.3) is 0 Å². The maximum absolute atomic E-state index is 5.34. The Bertz CT molecular complexity index is 145. The normalized spacial score (nSPS) is 18.5. The Kier molecular flexibility index (Phi) is 4.95. The maximum Gasteiger partial charge on any atom is 0.0877 e. The molecule has 0 atom stereocenters. The highest BCUT2D eigenvalue weighted by Crippen LogP contribution is 2.27. The van der Waals surface area contributed by atoms with Crippen molar-refractivity contribution in [2.45, 2.75) is 51.9 Å². The molecule has 0 aromatic rings. The zero-order valence-corrected chi connectivity index (χ0v) is 8.85. The fraction of sp³-hybridized carbons (Fsp3) is 0.833. The third-order valence-corrected chi connectivity index (χ3v) is 2.83. The van der Waals surface area contributed by atoms with E-state index in [1.807, 2.05) is 6.92 Å². The van der Waals surface area contributed by atoms with E-state index in [4.69, 9.17) is 4.74 Å². The van der Waals surface area contributed by atoms with E-state index in [1.54, 1.807) is 0 Å². The summed E-state index contributed by atoms with van der Waals surface area (Å²) < 4.78 is 5.34. The van der Waals surface area contributed by atoms with Gasteiger partial charge < -0.3 is 4.74 Å². The average molecular weight is 182 g/mol. The van der Waals surface area contributed by atoms with Gasteiger partial charge in [-0.05, 0) is 25.7 Å². The van der Waals surface area contributed by atoms with Gasteiger partial charge in [0.2, 0.25) is 0 Å². The molecule has 0 N–H and O–H groups in total. The molecule has 0 saturated heterocycles. The van der Waals surface area contributed by atoms with Crippen LogP contribution in [0.2, 0.25) is 0 Å². The highest BCUT2D eigenvalue weighted by molar-refractivity contribution is 4.73. The Labute approximate surface area is 82.2 Å². The van der Waals surface area contributed by atoms with E-state index in [1.165, 1.54) is 44.9 Å². The standard InChI is InChI=1S/C12H22O/c1-11(2)13-10-6-9-12-7-4-3-5-8-12/h12H,1,3-10H2,2H3. The Hall–Kier alpha value is -0.460. The lowest BCUT2D eigenvalue weighted by molar-refractivity contribution is 0.196. The third-order valence-electron chi connectivity index (χ3n) is 2.83. The van der Waals surface area contributed by atoms with Crippen LogP contribution < -0.4 is 0 Å². The van der Waals surface area contributed by atoms with Gasteiger partial charge in [0.1, 0.15) is 0 Å². The van der Waals surface area contributed by atoms with Crippen molar-refractivity contribution in [3.63, 3.8) is 0 Å². The largest absolute Gasteiger partial charge is 0.499 e. The summed E-state index contributed by atoms with van der Waals surface area (Å²) in [5.41, 5.74) is 0. The summed E-state index contributed by atoms with van der Waals surface area (Å²) in [6, 6.07) is 0. The number of allylic oxidation sites excluding steroid dienone is 1. The SMILES string of the molecule is C=C(C)OCCCC1CCCCC1. The zero-order valence-electron chi connectivity index (χ0n) is 8.85. The lowest BCUT2D eigenvalue weighted by atomic mass is 9.86. The molecule has 0 radical (unpaired) electrons. The summed E-state index contributed by atoms with van der Waals surface area (Å²) in [6.45, 7) is 6.50. The minimum Gasteiger partial charge on any atom is -0.499 e. The number of hydrogen-bond acceptors (Lipinski definition) is 1. The maximum atomic E-state index is 5.34. The van der Waals surface area contributed by atoms with Crippen molar-refractivity contribution in [1.29, 1.82) is 0 Å². The van der Waals surface area contributed by atoms with E-state index in [-0.39, 0.29) is 0 Å². The van der Waals surface area contributed by atoms with Crippen LogP contribution in [0.3, 0.4) is 0 Å². The highest BCUT2D eigenvalue weighted by atomic mass is 16.5. The molecule has 0 spiro atoms. The zero-order chi connectivity index (χ0) is 9.52. The van der Waals surface area contributed by atoms with Gasteiger partial charge in [-0.25, -0.2) is 0 Å². The summed E-state index contributed by atoms with van der Waals surface area (Å²) in [4.78, 5) is 0. The topological polar surface area (TPSA) is 9.23 Å². The molecule has 0 aromatic heterocycles. The molecule has 0 amide bonds. The smallest absolute Gasteiger partial charge is 0.0877 e. The molecule has 1 rings (SSSR count). The quantitative estimate of drug-likeness (QED) is 0.463. The third kappa shape index (κ3) is 4.97. The predicted molar refractivity (Wildman–Crippen MR) is 56.6 cm³/mol. The monoisotopic (exact) mass is 182 g/mol. The van der Waals surface area contributed by atoms with E-state index in [9.17, 15) is 0 Å². The van der Waals surface area contributed by atoms with Crippen LogP contribution in [0.15, 0.2) is 12.3 Å². The summed E-state index contributed by atoms with van der Waals surface area (Å²) in [6.07, 6.45) is 9.82. The number of rotatable bonds is 5. The van der Waals surface area contributed by atoms with E-state index < -0.39 is 0 Å². The first kappa shape index (κ1) is 10.6.